The molecular weight excluding hydrogens is 873 g/mol. The van der Waals surface area contributed by atoms with Gasteiger partial charge in [-0.25, -0.2) is 24.5 Å². The van der Waals surface area contributed by atoms with E-state index >= 15 is 0 Å². The molecule has 1 aliphatic carbocycles. The summed E-state index contributed by atoms with van der Waals surface area (Å²) in [5.74, 6) is 2.07. The van der Waals surface area contributed by atoms with Crippen molar-refractivity contribution in [2.24, 2.45) is 11.8 Å². The third-order valence-corrected chi connectivity index (χ3v) is 14.8. The summed E-state index contributed by atoms with van der Waals surface area (Å²) < 4.78 is 18.9. The number of imidazole rings is 2. The van der Waals surface area contributed by atoms with Crippen molar-refractivity contribution in [3.05, 3.63) is 82.6 Å². The lowest BCUT2D eigenvalue weighted by atomic mass is 10.0. The van der Waals surface area contributed by atoms with Crippen molar-refractivity contribution in [3.63, 3.8) is 0 Å². The molecule has 4 aliphatic rings. The van der Waals surface area contributed by atoms with Crippen LogP contribution in [0.5, 0.6) is 5.75 Å². The highest BCUT2D eigenvalue weighted by atomic mass is 32.1. The summed E-state index contributed by atoms with van der Waals surface area (Å²) in [7, 11) is 2.59. The second-order valence-corrected chi connectivity index (χ2v) is 19.8. The van der Waals surface area contributed by atoms with E-state index in [1.54, 1.807) is 11.3 Å². The minimum absolute atomic E-state index is 0.128. The summed E-state index contributed by atoms with van der Waals surface area (Å²) in [5.41, 5.74) is 6.47. The van der Waals surface area contributed by atoms with Gasteiger partial charge in [-0.3, -0.25) is 14.2 Å². The molecule has 67 heavy (non-hydrogen) atoms. The predicted molar refractivity (Wildman–Crippen MR) is 251 cm³/mol. The molecule has 0 bridgehead atoms. The molecular formula is C49H56N10O7S. The number of carbonyl (C=O) groups is 4. The van der Waals surface area contributed by atoms with E-state index in [2.05, 4.69) is 67.6 Å². The average molecular weight is 929 g/mol. The SMILES string of the molecule is COC(=O)NC(C(=O)N1CCCC1c1ncc(-c2ccc3c(c2)OC(c2cnc(C4CC4)s2)n2c-3cc3cc(-c4cnc(C5CCCN5C(=O)C(NC(=O)OC)C(C)C)[nH]4)ccc32)[nH]1)C(C)C. The van der Waals surface area contributed by atoms with E-state index in [0.29, 0.717) is 30.7 Å². The number of benzene rings is 2. The summed E-state index contributed by atoms with van der Waals surface area (Å²) in [6, 6.07) is 12.9. The molecule has 3 aliphatic heterocycles. The van der Waals surface area contributed by atoms with E-state index in [-0.39, 0.29) is 35.7 Å². The summed E-state index contributed by atoms with van der Waals surface area (Å²) in [5, 5.41) is 7.62. The molecule has 5 unspecified atom stereocenters. The third kappa shape index (κ3) is 8.29. The minimum Gasteiger partial charge on any atom is -0.464 e. The number of alkyl carbamates (subject to hydrolysis) is 2. The Kier molecular flexibility index (Phi) is 11.8. The number of thiazole rings is 1. The van der Waals surface area contributed by atoms with Crippen LogP contribution in [0.2, 0.25) is 0 Å². The van der Waals surface area contributed by atoms with E-state index in [1.807, 2.05) is 56.1 Å². The smallest absolute Gasteiger partial charge is 0.407 e. The zero-order chi connectivity index (χ0) is 46.7. The summed E-state index contributed by atoms with van der Waals surface area (Å²) >= 11 is 1.71. The Hall–Kier alpha value is -6.69. The number of aromatic nitrogens is 6. The fourth-order valence-electron chi connectivity index (χ4n) is 9.85. The first-order chi connectivity index (χ1) is 32.4. The van der Waals surface area contributed by atoms with Crippen LogP contribution in [0, 0.1) is 11.8 Å². The van der Waals surface area contributed by atoms with Crippen molar-refractivity contribution in [3.8, 4) is 39.5 Å². The maximum absolute atomic E-state index is 13.8. The van der Waals surface area contributed by atoms with Gasteiger partial charge in [0.05, 0.1) is 71.2 Å². The number of hydrogen-bond donors (Lipinski definition) is 4. The molecule has 3 fully saturated rings. The number of carbonyl (C=O) groups excluding carboxylic acids is 4. The van der Waals surface area contributed by atoms with E-state index < -0.39 is 30.5 Å². The fraction of sp³-hybridized carbons (Fsp3) is 0.449. The highest BCUT2D eigenvalue weighted by molar-refractivity contribution is 7.11. The van der Waals surface area contributed by atoms with Crippen LogP contribution in [0.3, 0.4) is 0 Å². The van der Waals surface area contributed by atoms with Gasteiger partial charge >= 0.3 is 12.2 Å². The van der Waals surface area contributed by atoms with E-state index in [0.717, 1.165) is 98.8 Å². The van der Waals surface area contributed by atoms with Gasteiger partial charge < -0.3 is 44.6 Å². The molecule has 2 saturated heterocycles. The molecule has 6 aromatic rings. The second kappa shape index (κ2) is 17.8. The molecule has 1 saturated carbocycles. The molecule has 4 N–H and O–H groups in total. The first-order valence-corrected chi connectivity index (χ1v) is 24.0. The number of likely N-dealkylation sites (tertiary alicyclic amines) is 2. The number of nitrogens with one attached hydrogen (secondary N) is 4. The molecule has 350 valence electrons. The molecule has 7 heterocycles. The molecule has 0 spiro atoms. The van der Waals surface area contributed by atoms with Gasteiger partial charge in [-0.2, -0.15) is 0 Å². The van der Waals surface area contributed by atoms with Gasteiger partial charge in [-0.1, -0.05) is 39.8 Å². The van der Waals surface area contributed by atoms with Crippen molar-refractivity contribution < 1.29 is 33.4 Å². The van der Waals surface area contributed by atoms with Crippen LogP contribution in [0.25, 0.3) is 44.7 Å². The predicted octanol–water partition coefficient (Wildman–Crippen LogP) is 8.45. The van der Waals surface area contributed by atoms with Crippen LogP contribution in [-0.2, 0) is 19.1 Å². The number of ether oxygens (including phenoxy) is 3. The lowest BCUT2D eigenvalue weighted by Gasteiger charge is -2.30. The molecule has 17 nitrogen and oxygen atoms in total. The normalized spacial score (nSPS) is 19.9. The highest BCUT2D eigenvalue weighted by Gasteiger charge is 2.40. The van der Waals surface area contributed by atoms with Crippen LogP contribution in [-0.4, -0.2) is 103 Å². The first-order valence-electron chi connectivity index (χ1n) is 23.2. The highest BCUT2D eigenvalue weighted by Crippen LogP contribution is 2.49. The number of aromatic amines is 2. The van der Waals surface area contributed by atoms with Crippen LogP contribution >= 0.6 is 11.3 Å². The number of nitrogens with zero attached hydrogens (tertiary/aromatic N) is 6. The van der Waals surface area contributed by atoms with Gasteiger partial charge in [0.15, 0.2) is 0 Å². The summed E-state index contributed by atoms with van der Waals surface area (Å²) in [6.45, 7) is 8.76. The standard InChI is InChI=1S/C49H56N10O7S/c1-25(2)40(55-48(62)64-5)45(60)57-17-7-9-35(57)42-50-22-32(53-42)28-14-16-34-30(19-28)20-37-31-15-13-29(21-38(31)66-47(59(34)37)39-24-52-44(67-39)27-11-12-27)33-23-51-43(54-33)36-10-8-18-58(36)46(61)41(26(3)4)56-49(63)65-6/h13-16,19-27,35-36,40-41,47H,7-12,17-18H2,1-6H3,(H,50,53)(H,51,54)(H,55,62)(H,56,63). The Bertz CT molecular complexity index is 2860. The fourth-order valence-corrected chi connectivity index (χ4v) is 11.0. The number of methoxy groups -OCH3 is 2. The van der Waals surface area contributed by atoms with E-state index in [4.69, 9.17) is 29.2 Å². The number of H-pyrrole nitrogens is 2. The molecule has 2 aromatic carbocycles. The number of amides is 4. The van der Waals surface area contributed by atoms with Crippen molar-refractivity contribution >= 4 is 46.2 Å². The quantitative estimate of drug-likeness (QED) is 0.0923. The van der Waals surface area contributed by atoms with Gasteiger partial charge in [0.2, 0.25) is 18.0 Å². The zero-order valence-electron chi connectivity index (χ0n) is 38.5. The first kappa shape index (κ1) is 44.2. The Labute approximate surface area is 392 Å². The van der Waals surface area contributed by atoms with Crippen molar-refractivity contribution in [1.29, 1.82) is 0 Å². The van der Waals surface area contributed by atoms with Crippen molar-refractivity contribution in [2.45, 2.75) is 103 Å². The van der Waals surface area contributed by atoms with E-state index in [1.165, 1.54) is 14.2 Å². The largest absolute Gasteiger partial charge is 0.464 e. The van der Waals surface area contributed by atoms with Gasteiger partial charge in [-0.05, 0) is 80.7 Å². The average Bonchev–Trinajstić information content (AvgIpc) is 4.05. The second-order valence-electron chi connectivity index (χ2n) is 18.7. The van der Waals surface area contributed by atoms with Crippen LogP contribution in [0.15, 0.2) is 61.1 Å². The van der Waals surface area contributed by atoms with Crippen molar-refractivity contribution in [1.82, 2.24) is 49.9 Å². The summed E-state index contributed by atoms with van der Waals surface area (Å²) in [6.07, 6.45) is 9.33. The minimum atomic E-state index is -0.720. The molecule has 0 radical (unpaired) electrons. The number of rotatable bonds is 12. The van der Waals surface area contributed by atoms with E-state index in [9.17, 15) is 19.2 Å². The van der Waals surface area contributed by atoms with Crippen LogP contribution in [0.4, 0.5) is 9.59 Å². The molecule has 10 rings (SSSR count). The Morgan fingerprint density at radius 2 is 1.30 bits per heavy atom. The topological polar surface area (TPSA) is 202 Å². The maximum Gasteiger partial charge on any atom is 0.407 e. The molecule has 4 aromatic heterocycles. The summed E-state index contributed by atoms with van der Waals surface area (Å²) in [4.78, 5) is 78.0. The molecule has 5 atom stereocenters. The monoisotopic (exact) mass is 928 g/mol. The third-order valence-electron chi connectivity index (χ3n) is 13.6. The van der Waals surface area contributed by atoms with Gasteiger partial charge in [0, 0.05) is 47.3 Å². The number of fused-ring (bicyclic) bond motifs is 5. The Balaban J connectivity index is 0.946. The van der Waals surface area contributed by atoms with Crippen molar-refractivity contribution in [2.75, 3.05) is 27.3 Å². The van der Waals surface area contributed by atoms with Crippen LogP contribution < -0.4 is 15.4 Å². The molecule has 4 amide bonds. The van der Waals surface area contributed by atoms with Gasteiger partial charge in [0.1, 0.15) is 29.5 Å². The lowest BCUT2D eigenvalue weighted by molar-refractivity contribution is -0.136. The van der Waals surface area contributed by atoms with Crippen LogP contribution in [0.1, 0.15) is 112 Å². The maximum atomic E-state index is 13.8. The lowest BCUT2D eigenvalue weighted by Crippen LogP contribution is -2.51. The van der Waals surface area contributed by atoms with Gasteiger partial charge in [0.25, 0.3) is 0 Å². The zero-order valence-corrected chi connectivity index (χ0v) is 39.3. The Morgan fingerprint density at radius 1 is 0.731 bits per heavy atom. The Morgan fingerprint density at radius 3 is 1.85 bits per heavy atom. The van der Waals surface area contributed by atoms with Gasteiger partial charge in [-0.15, -0.1) is 11.3 Å². The number of hydrogen-bond acceptors (Lipinski definition) is 11. The molecule has 18 heteroatoms.